The molecule has 15 nitrogen and oxygen atoms in total. The van der Waals surface area contributed by atoms with Crippen LogP contribution in [0.2, 0.25) is 0 Å². The van der Waals surface area contributed by atoms with Crippen LogP contribution in [0.1, 0.15) is 112 Å². The maximum absolute atomic E-state index is 14.1. The van der Waals surface area contributed by atoms with Gasteiger partial charge in [0.2, 0.25) is 17.7 Å². The first-order valence-corrected chi connectivity index (χ1v) is 23.3. The zero-order valence-electron chi connectivity index (χ0n) is 39.5. The van der Waals surface area contributed by atoms with E-state index in [1.807, 2.05) is 12.1 Å². The van der Waals surface area contributed by atoms with Gasteiger partial charge in [0.05, 0.1) is 12.6 Å². The number of likely N-dealkylation sites (N-methyl/N-ethyl adjacent to an activating group) is 2. The number of phenolic OH excluding ortho intramolecular Hbond substituents is 2. The summed E-state index contributed by atoms with van der Waals surface area (Å²) in [5.74, 6) is -6.66. The minimum absolute atomic E-state index is 0.0998. The first kappa shape index (κ1) is 52.1. The summed E-state index contributed by atoms with van der Waals surface area (Å²) in [6.07, 6.45) is 7.13. The summed E-state index contributed by atoms with van der Waals surface area (Å²) in [4.78, 5) is 95.7. The van der Waals surface area contributed by atoms with Crippen LogP contribution < -0.4 is 10.6 Å². The number of aliphatic hydroxyl groups is 1. The summed E-state index contributed by atoms with van der Waals surface area (Å²) in [6.45, 7) is 4.34. The Kier molecular flexibility index (Phi) is 18.6. The minimum atomic E-state index is -1.38. The summed E-state index contributed by atoms with van der Waals surface area (Å²) in [7, 11) is 2.73. The average molecular weight is 933 g/mol. The molecule has 5 atom stereocenters. The van der Waals surface area contributed by atoms with Gasteiger partial charge in [0.1, 0.15) is 29.6 Å². The number of Topliss-reactive ketones (excluding diaryl/α,β-unsaturated/α-hetero) is 2. The number of carbonyl (C=O) groups is 7. The second kappa shape index (κ2) is 24.2. The van der Waals surface area contributed by atoms with Crippen molar-refractivity contribution in [3.8, 4) is 33.8 Å². The highest BCUT2D eigenvalue weighted by Gasteiger charge is 2.34. The Hall–Kier alpha value is -6.87. The van der Waals surface area contributed by atoms with Crippen LogP contribution in [0.15, 0.2) is 84.9 Å². The molecule has 0 unspecified atom stereocenters. The number of nitrogens with one attached hydrogen (secondary N) is 2. The fourth-order valence-electron chi connectivity index (χ4n) is 8.41. The van der Waals surface area contributed by atoms with Gasteiger partial charge in [-0.05, 0) is 84.0 Å². The third-order valence-corrected chi connectivity index (χ3v) is 12.7. The monoisotopic (exact) mass is 932 g/mol. The topological polar surface area (TPSA) is 231 Å². The van der Waals surface area contributed by atoms with E-state index in [0.717, 1.165) is 33.8 Å². The molecule has 5 rings (SSSR count). The van der Waals surface area contributed by atoms with E-state index in [9.17, 15) is 54.0 Å². The predicted molar refractivity (Wildman–Crippen MR) is 257 cm³/mol. The van der Waals surface area contributed by atoms with Gasteiger partial charge in [-0.15, -0.1) is 0 Å². The minimum Gasteiger partial charge on any atom is -0.507 e. The van der Waals surface area contributed by atoms with E-state index in [-0.39, 0.29) is 41.0 Å². The molecule has 1 aliphatic heterocycles. The standard InChI is InChI=1S/C53H64N4O11/c1-6-7-8-9-10-11-12-34-13-16-36(17-14-34)37-18-20-38(21-19-37)52(66)56(4)43(31-58)51(65)54-33(3)44(59)25-26-48(63)57(5)49-39-22-24-46(61)41(30-39)40-28-35(15-23-45(40)60)29-42(53(67)68)55-50(64)32(2)27-47(49)62/h13-24,28,30,32-33,42-43,49,58,60-61H,6-12,25-27,29,31H2,1-5H3,(H,54,65)(H,55,64)(H,67,68)/t32-,33-,42+,43-,49+/m1/s1. The van der Waals surface area contributed by atoms with Crippen molar-refractivity contribution in [3.05, 3.63) is 107 Å². The first-order chi connectivity index (χ1) is 32.4. The molecule has 362 valence electrons. The lowest BCUT2D eigenvalue weighted by atomic mass is 9.89. The van der Waals surface area contributed by atoms with Gasteiger partial charge < -0.3 is 40.9 Å². The predicted octanol–water partition coefficient (Wildman–Crippen LogP) is 6.54. The fourth-order valence-corrected chi connectivity index (χ4v) is 8.41. The van der Waals surface area contributed by atoms with Crippen molar-refractivity contribution in [1.82, 2.24) is 20.4 Å². The van der Waals surface area contributed by atoms with Crippen molar-refractivity contribution in [3.63, 3.8) is 0 Å². The number of fused-ring (bicyclic) bond motifs is 5. The van der Waals surface area contributed by atoms with E-state index < -0.39 is 90.7 Å². The number of carbonyl (C=O) groups excluding carboxylic acids is 6. The molecule has 0 radical (unpaired) electrons. The van der Waals surface area contributed by atoms with Gasteiger partial charge in [0.25, 0.3) is 5.91 Å². The summed E-state index contributed by atoms with van der Waals surface area (Å²) < 4.78 is 0. The van der Waals surface area contributed by atoms with Crippen molar-refractivity contribution < 1.29 is 54.0 Å². The van der Waals surface area contributed by atoms with Crippen LogP contribution in [0.25, 0.3) is 22.3 Å². The van der Waals surface area contributed by atoms with E-state index in [4.69, 9.17) is 0 Å². The number of carboxylic acids is 1. The molecule has 4 aromatic carbocycles. The maximum Gasteiger partial charge on any atom is 0.326 e. The molecule has 0 spiro atoms. The number of amides is 4. The summed E-state index contributed by atoms with van der Waals surface area (Å²) in [6, 6.07) is 18.6. The number of aromatic hydroxyl groups is 2. The number of benzene rings is 4. The molecule has 1 heterocycles. The molecular formula is C53H64N4O11. The second-order valence-electron chi connectivity index (χ2n) is 17.8. The maximum atomic E-state index is 14.1. The van der Waals surface area contributed by atoms with Crippen LogP contribution >= 0.6 is 0 Å². The highest BCUT2D eigenvalue weighted by molar-refractivity contribution is 5.99. The molecule has 0 aromatic heterocycles. The Bertz CT molecular complexity index is 2450. The van der Waals surface area contributed by atoms with Crippen molar-refractivity contribution in [1.29, 1.82) is 0 Å². The zero-order valence-corrected chi connectivity index (χ0v) is 39.5. The van der Waals surface area contributed by atoms with Gasteiger partial charge in [0.15, 0.2) is 11.6 Å². The van der Waals surface area contributed by atoms with Gasteiger partial charge in [-0.3, -0.25) is 28.8 Å². The van der Waals surface area contributed by atoms with Crippen LogP contribution in [-0.2, 0) is 41.6 Å². The van der Waals surface area contributed by atoms with Gasteiger partial charge in [-0.1, -0.05) is 94.5 Å². The van der Waals surface area contributed by atoms with Crippen molar-refractivity contribution in [2.24, 2.45) is 5.92 Å². The van der Waals surface area contributed by atoms with E-state index in [1.54, 1.807) is 12.1 Å². The SMILES string of the molecule is CCCCCCCCc1ccc(-c2ccc(C(=O)N(C)[C@H](CO)C(=O)N[C@H](C)C(=O)CCC(=O)N(C)[C@@H]3C(=O)C[C@@H](C)C(=O)N[C@H](C(=O)O)Cc4ccc(O)c(c4)-c4cc3ccc4O)cc2)cc1. The van der Waals surface area contributed by atoms with Crippen LogP contribution in [0.3, 0.4) is 0 Å². The third kappa shape index (κ3) is 13.4. The number of aryl methyl sites for hydroxylation is 1. The Labute approximate surface area is 397 Å². The summed E-state index contributed by atoms with van der Waals surface area (Å²) in [5, 5.41) is 46.9. The number of aliphatic carboxylic acids is 1. The Morgan fingerprint density at radius 2 is 1.38 bits per heavy atom. The smallest absolute Gasteiger partial charge is 0.326 e. The van der Waals surface area contributed by atoms with Crippen LogP contribution in [0, 0.1) is 5.92 Å². The number of rotatable bonds is 19. The molecule has 68 heavy (non-hydrogen) atoms. The molecule has 6 N–H and O–H groups in total. The molecule has 1 aliphatic rings. The van der Waals surface area contributed by atoms with Crippen molar-refractivity contribution >= 4 is 41.2 Å². The lowest BCUT2D eigenvalue weighted by molar-refractivity contribution is -0.143. The first-order valence-electron chi connectivity index (χ1n) is 23.3. The summed E-state index contributed by atoms with van der Waals surface area (Å²) in [5.41, 5.74) is 4.36. The van der Waals surface area contributed by atoms with E-state index in [1.165, 1.54) is 102 Å². The van der Waals surface area contributed by atoms with Gasteiger partial charge in [-0.25, -0.2) is 4.79 Å². The van der Waals surface area contributed by atoms with E-state index in [0.29, 0.717) is 11.1 Å². The number of hydrogen-bond donors (Lipinski definition) is 6. The molecule has 0 fully saturated rings. The molecule has 0 aliphatic carbocycles. The lowest BCUT2D eigenvalue weighted by Gasteiger charge is -2.30. The molecule has 15 heteroatoms. The number of phenols is 2. The molecular weight excluding hydrogens is 869 g/mol. The van der Waals surface area contributed by atoms with Gasteiger partial charge in [-0.2, -0.15) is 0 Å². The number of aliphatic hydroxyl groups excluding tert-OH is 1. The lowest BCUT2D eigenvalue weighted by Crippen LogP contribution is -2.53. The summed E-state index contributed by atoms with van der Waals surface area (Å²) >= 11 is 0. The fraction of sp³-hybridized carbons (Fsp3) is 0.415. The van der Waals surface area contributed by atoms with Crippen LogP contribution in [0.4, 0.5) is 0 Å². The van der Waals surface area contributed by atoms with Crippen LogP contribution in [0.5, 0.6) is 11.5 Å². The van der Waals surface area contributed by atoms with Crippen LogP contribution in [-0.4, -0.2) is 110 Å². The molecule has 0 saturated heterocycles. The highest BCUT2D eigenvalue weighted by Crippen LogP contribution is 2.39. The van der Waals surface area contributed by atoms with E-state index >= 15 is 0 Å². The molecule has 4 aromatic rings. The largest absolute Gasteiger partial charge is 0.507 e. The van der Waals surface area contributed by atoms with Crippen molar-refractivity contribution in [2.45, 2.75) is 116 Å². The number of carboxylic acid groups (broad SMARTS) is 1. The number of hydrogen-bond acceptors (Lipinski definition) is 10. The average Bonchev–Trinajstić information content (AvgIpc) is 3.32. The van der Waals surface area contributed by atoms with Gasteiger partial charge >= 0.3 is 5.97 Å². The Morgan fingerprint density at radius 3 is 2.01 bits per heavy atom. The zero-order chi connectivity index (χ0) is 49.7. The molecule has 0 saturated carbocycles. The van der Waals surface area contributed by atoms with Crippen molar-refractivity contribution in [2.75, 3.05) is 20.7 Å². The third-order valence-electron chi connectivity index (χ3n) is 12.7. The van der Waals surface area contributed by atoms with E-state index in [2.05, 4.69) is 41.8 Å². The Balaban J connectivity index is 1.21. The highest BCUT2D eigenvalue weighted by atomic mass is 16.4. The molecule has 4 amide bonds. The number of nitrogens with zero attached hydrogens (tertiary/aromatic N) is 2. The normalized spacial score (nSPS) is 16.9. The second-order valence-corrected chi connectivity index (χ2v) is 17.8. The number of unbranched alkanes of at least 4 members (excludes halogenated alkanes) is 5. The van der Waals surface area contributed by atoms with Gasteiger partial charge in [0, 0.05) is 62.4 Å². The number of ketones is 2. The molecule has 4 bridgehead atoms. The quantitative estimate of drug-likeness (QED) is 0.0553. The Morgan fingerprint density at radius 1 is 0.779 bits per heavy atom.